The van der Waals surface area contributed by atoms with Crippen LogP contribution in [0.5, 0.6) is 5.75 Å². The first kappa shape index (κ1) is 10.7. The van der Waals surface area contributed by atoms with Gasteiger partial charge in [0.1, 0.15) is 12.4 Å². The Labute approximate surface area is 95.7 Å². The largest absolute Gasteiger partial charge is 0.488 e. The number of rotatable bonds is 4. The molecule has 2 aromatic rings. The molecule has 0 spiro atoms. The number of ether oxygens (including phenoxy) is 1. The van der Waals surface area contributed by atoms with E-state index in [4.69, 9.17) is 10.5 Å². The highest BCUT2D eigenvalue weighted by Gasteiger charge is 1.96. The second-order valence-electron chi connectivity index (χ2n) is 3.54. The molecular weight excluding hydrogens is 198 g/mol. The van der Waals surface area contributed by atoms with Gasteiger partial charge in [0, 0.05) is 12.6 Å². The van der Waals surface area contributed by atoms with Crippen LogP contribution in [0.3, 0.4) is 0 Å². The van der Waals surface area contributed by atoms with Crippen LogP contribution in [0.1, 0.15) is 11.1 Å². The summed E-state index contributed by atoms with van der Waals surface area (Å²) in [5.41, 5.74) is 7.72. The van der Waals surface area contributed by atoms with Crippen LogP contribution in [0.2, 0.25) is 0 Å². The van der Waals surface area contributed by atoms with E-state index in [1.165, 1.54) is 0 Å². The fraction of sp³-hybridized carbons (Fsp3) is 0.143. The molecule has 0 bridgehead atoms. The third-order valence-corrected chi connectivity index (χ3v) is 2.32. The van der Waals surface area contributed by atoms with Gasteiger partial charge >= 0.3 is 0 Å². The highest BCUT2D eigenvalue weighted by Crippen LogP contribution is 2.13. The predicted molar refractivity (Wildman–Crippen MR) is 63.9 cm³/mol. The molecule has 0 amide bonds. The Bertz CT molecular complexity index is 422. The van der Waals surface area contributed by atoms with Crippen molar-refractivity contribution in [3.8, 4) is 5.75 Å². The first-order chi connectivity index (χ1) is 7.88. The van der Waals surface area contributed by atoms with Crippen LogP contribution in [-0.2, 0) is 13.2 Å². The van der Waals surface area contributed by atoms with Crippen molar-refractivity contribution in [3.63, 3.8) is 0 Å². The molecule has 2 aromatic carbocycles. The van der Waals surface area contributed by atoms with Gasteiger partial charge in [0.25, 0.3) is 0 Å². The second-order valence-corrected chi connectivity index (χ2v) is 3.54. The molecule has 0 aromatic heterocycles. The molecule has 2 nitrogen and oxygen atoms in total. The zero-order chi connectivity index (χ0) is 11.2. The van der Waals surface area contributed by atoms with Crippen molar-refractivity contribution in [1.82, 2.24) is 0 Å². The van der Waals surface area contributed by atoms with E-state index in [0.29, 0.717) is 13.2 Å². The predicted octanol–water partition coefficient (Wildman–Crippen LogP) is 2.52. The first-order valence-electron chi connectivity index (χ1n) is 5.26. The average molecular weight is 212 g/mol. The van der Waals surface area contributed by atoms with Crippen molar-refractivity contribution in [2.45, 2.75) is 13.2 Å². The summed E-state index contributed by atoms with van der Waals surface area (Å²) in [6, 6.07) is 18.8. The first-order valence-corrected chi connectivity index (χ1v) is 5.26. The molecule has 0 heterocycles. The van der Waals surface area contributed by atoms with E-state index >= 15 is 0 Å². The molecule has 0 aliphatic rings. The molecular formula is C14H14NO. The molecule has 2 rings (SSSR count). The molecule has 0 saturated carbocycles. The van der Waals surface area contributed by atoms with E-state index in [0.717, 1.165) is 16.9 Å². The van der Waals surface area contributed by atoms with Crippen molar-refractivity contribution >= 4 is 0 Å². The summed E-state index contributed by atoms with van der Waals surface area (Å²) >= 11 is 0. The highest BCUT2D eigenvalue weighted by molar-refractivity contribution is 5.26. The molecule has 1 radical (unpaired) electrons. The second kappa shape index (κ2) is 5.33. The van der Waals surface area contributed by atoms with Crippen molar-refractivity contribution in [2.75, 3.05) is 0 Å². The minimum Gasteiger partial charge on any atom is -0.488 e. The lowest BCUT2D eigenvalue weighted by atomic mass is 10.2. The van der Waals surface area contributed by atoms with Crippen LogP contribution >= 0.6 is 0 Å². The number of hydrogen-bond acceptors (Lipinski definition) is 2. The monoisotopic (exact) mass is 212 g/mol. The van der Waals surface area contributed by atoms with Gasteiger partial charge in [0.15, 0.2) is 0 Å². The molecule has 2 heteroatoms. The van der Waals surface area contributed by atoms with Gasteiger partial charge in [-0.3, -0.25) is 0 Å². The standard InChI is InChI=1S/C14H14NO/c15-10-12-6-8-14(9-7-12)16-11-13-4-2-1-3-5-13/h1-8H,10-11,15H2. The summed E-state index contributed by atoms with van der Waals surface area (Å²) in [4.78, 5) is 0. The Morgan fingerprint density at radius 3 is 2.44 bits per heavy atom. The smallest absolute Gasteiger partial charge is 0.127 e. The number of hydrogen-bond donors (Lipinski definition) is 1. The third kappa shape index (κ3) is 2.84. The Morgan fingerprint density at radius 2 is 1.81 bits per heavy atom. The Kier molecular flexibility index (Phi) is 3.57. The molecule has 81 valence electrons. The van der Waals surface area contributed by atoms with Crippen molar-refractivity contribution in [1.29, 1.82) is 0 Å². The van der Waals surface area contributed by atoms with Gasteiger partial charge in [-0.05, 0) is 23.3 Å². The fourth-order valence-corrected chi connectivity index (χ4v) is 1.39. The topological polar surface area (TPSA) is 35.2 Å². The summed E-state index contributed by atoms with van der Waals surface area (Å²) in [5.74, 6) is 0.751. The van der Waals surface area contributed by atoms with E-state index in [-0.39, 0.29) is 0 Å². The van der Waals surface area contributed by atoms with Crippen LogP contribution in [-0.4, -0.2) is 0 Å². The lowest BCUT2D eigenvalue weighted by Crippen LogP contribution is -1.97. The maximum absolute atomic E-state index is 5.60. The van der Waals surface area contributed by atoms with Crippen molar-refractivity contribution in [2.24, 2.45) is 5.73 Å². The van der Waals surface area contributed by atoms with Gasteiger partial charge in [-0.15, -0.1) is 0 Å². The van der Waals surface area contributed by atoms with Gasteiger partial charge in [0.2, 0.25) is 0 Å². The zero-order valence-electron chi connectivity index (χ0n) is 9.02. The molecule has 0 aliphatic carbocycles. The van der Waals surface area contributed by atoms with Crippen LogP contribution in [0, 0.1) is 6.07 Å². The van der Waals surface area contributed by atoms with Crippen LogP contribution < -0.4 is 10.5 Å². The molecule has 0 unspecified atom stereocenters. The Balaban J connectivity index is 1.94. The molecule has 16 heavy (non-hydrogen) atoms. The van der Waals surface area contributed by atoms with Gasteiger partial charge in [-0.1, -0.05) is 36.4 Å². The third-order valence-electron chi connectivity index (χ3n) is 2.32. The molecule has 2 N–H and O–H groups in total. The van der Waals surface area contributed by atoms with E-state index in [1.807, 2.05) is 48.5 Å². The van der Waals surface area contributed by atoms with E-state index in [9.17, 15) is 0 Å². The minimum atomic E-state index is 0.537. The maximum atomic E-state index is 5.60. The van der Waals surface area contributed by atoms with Crippen molar-refractivity contribution in [3.05, 3.63) is 65.7 Å². The summed E-state index contributed by atoms with van der Waals surface area (Å²) in [6.45, 7) is 1.11. The van der Waals surface area contributed by atoms with Crippen LogP contribution in [0.25, 0.3) is 0 Å². The lowest BCUT2D eigenvalue weighted by molar-refractivity contribution is 0.305. The Morgan fingerprint density at radius 1 is 1.00 bits per heavy atom. The van der Waals surface area contributed by atoms with Crippen molar-refractivity contribution < 1.29 is 4.74 Å². The number of benzene rings is 2. The quantitative estimate of drug-likeness (QED) is 0.845. The molecule has 0 aliphatic heterocycles. The van der Waals surface area contributed by atoms with Gasteiger partial charge in [-0.25, -0.2) is 0 Å². The van der Waals surface area contributed by atoms with E-state index < -0.39 is 0 Å². The summed E-state index contributed by atoms with van der Waals surface area (Å²) < 4.78 is 5.60. The molecule has 0 fully saturated rings. The number of nitrogens with two attached hydrogens (primary N) is 1. The maximum Gasteiger partial charge on any atom is 0.127 e. The average Bonchev–Trinajstić information content (AvgIpc) is 2.38. The lowest BCUT2D eigenvalue weighted by Gasteiger charge is -2.06. The van der Waals surface area contributed by atoms with Gasteiger partial charge in [0.05, 0.1) is 0 Å². The minimum absolute atomic E-state index is 0.537. The highest BCUT2D eigenvalue weighted by atomic mass is 16.5. The van der Waals surface area contributed by atoms with E-state index in [2.05, 4.69) is 6.07 Å². The zero-order valence-corrected chi connectivity index (χ0v) is 9.02. The van der Waals surface area contributed by atoms with E-state index in [1.54, 1.807) is 0 Å². The van der Waals surface area contributed by atoms with Crippen LogP contribution in [0.4, 0.5) is 0 Å². The van der Waals surface area contributed by atoms with Gasteiger partial charge < -0.3 is 10.5 Å². The SMILES string of the molecule is NCc1c[c]c(OCc2ccccc2)cc1. The summed E-state index contributed by atoms with van der Waals surface area (Å²) in [5, 5.41) is 0. The van der Waals surface area contributed by atoms with Gasteiger partial charge in [-0.2, -0.15) is 0 Å². The Hall–Kier alpha value is -1.80. The molecule has 0 atom stereocenters. The van der Waals surface area contributed by atoms with Crippen LogP contribution in [0.15, 0.2) is 48.5 Å². The normalized spacial score (nSPS) is 10.1. The summed E-state index contributed by atoms with van der Waals surface area (Å²) in [7, 11) is 0. The summed E-state index contributed by atoms with van der Waals surface area (Å²) in [6.07, 6.45) is 0. The molecule has 0 saturated heterocycles. The fourth-order valence-electron chi connectivity index (χ4n) is 1.39.